The monoisotopic (exact) mass is 192 g/mol. The molecular weight excluding hydrogens is 172 g/mol. The third-order valence-electron chi connectivity index (χ3n) is 2.42. The predicted octanol–water partition coefficient (Wildman–Crippen LogP) is 2.07. The van der Waals surface area contributed by atoms with Gasteiger partial charge in [-0.3, -0.25) is 0 Å². The third-order valence-corrected chi connectivity index (χ3v) is 2.42. The van der Waals surface area contributed by atoms with E-state index in [1.54, 1.807) is 0 Å². The molecule has 1 aromatic rings. The number of nitrogen functional groups attached to an aromatic ring is 1. The van der Waals surface area contributed by atoms with E-state index in [1.807, 2.05) is 6.07 Å². The van der Waals surface area contributed by atoms with Crippen LogP contribution >= 0.6 is 0 Å². The highest BCUT2D eigenvalue weighted by atomic mass is 15.0. The second kappa shape index (κ2) is 5.01. The minimum atomic E-state index is 0.871. The van der Waals surface area contributed by atoms with Gasteiger partial charge >= 0.3 is 0 Å². The number of benzene rings is 1. The van der Waals surface area contributed by atoms with Crippen LogP contribution in [-0.4, -0.2) is 25.5 Å². The lowest BCUT2D eigenvalue weighted by Crippen LogP contribution is -2.13. The molecule has 2 heteroatoms. The summed E-state index contributed by atoms with van der Waals surface area (Å²) >= 11 is 0. The van der Waals surface area contributed by atoms with E-state index in [-0.39, 0.29) is 0 Å². The third kappa shape index (κ3) is 3.38. The average Bonchev–Trinajstić information content (AvgIpc) is 2.10. The fourth-order valence-corrected chi connectivity index (χ4v) is 1.55. The molecular formula is C12H20N2. The molecule has 0 fully saturated rings. The molecule has 0 aromatic heterocycles. The van der Waals surface area contributed by atoms with Crippen LogP contribution in [0.2, 0.25) is 0 Å². The molecule has 0 amide bonds. The molecule has 1 rings (SSSR count). The lowest BCUT2D eigenvalue weighted by molar-refractivity contribution is 0.400. The number of nitrogens with zero attached hydrogens (tertiary/aromatic N) is 1. The number of aryl methyl sites for hydroxylation is 2. The van der Waals surface area contributed by atoms with Gasteiger partial charge in [-0.05, 0) is 63.7 Å². The molecule has 14 heavy (non-hydrogen) atoms. The molecule has 2 nitrogen and oxygen atoms in total. The maximum Gasteiger partial charge on any atom is 0.0316 e. The first kappa shape index (κ1) is 11.1. The Balaban J connectivity index is 2.53. The molecule has 0 saturated carbocycles. The molecule has 0 aliphatic rings. The normalized spacial score (nSPS) is 10.9. The van der Waals surface area contributed by atoms with Crippen molar-refractivity contribution in [2.45, 2.75) is 19.8 Å². The molecule has 78 valence electrons. The summed E-state index contributed by atoms with van der Waals surface area (Å²) in [7, 11) is 4.21. The van der Waals surface area contributed by atoms with Crippen LogP contribution in [0.4, 0.5) is 5.69 Å². The Morgan fingerprint density at radius 2 is 2.00 bits per heavy atom. The highest BCUT2D eigenvalue weighted by Crippen LogP contribution is 2.14. The van der Waals surface area contributed by atoms with E-state index in [1.165, 1.54) is 17.5 Å². The van der Waals surface area contributed by atoms with E-state index in [9.17, 15) is 0 Å². The number of nitrogens with two attached hydrogens (primary N) is 1. The number of rotatable bonds is 4. The molecule has 0 unspecified atom stereocenters. The van der Waals surface area contributed by atoms with Crippen molar-refractivity contribution in [1.29, 1.82) is 0 Å². The molecule has 1 aromatic carbocycles. The topological polar surface area (TPSA) is 29.3 Å². The van der Waals surface area contributed by atoms with E-state index in [2.05, 4.69) is 38.1 Å². The van der Waals surface area contributed by atoms with Crippen molar-refractivity contribution < 1.29 is 0 Å². The number of anilines is 1. The van der Waals surface area contributed by atoms with Crippen molar-refractivity contribution in [3.8, 4) is 0 Å². The Labute approximate surface area is 86.7 Å². The van der Waals surface area contributed by atoms with Crippen LogP contribution in [0.1, 0.15) is 17.5 Å². The van der Waals surface area contributed by atoms with Crippen molar-refractivity contribution in [2.24, 2.45) is 0 Å². The first-order valence-corrected chi connectivity index (χ1v) is 5.09. The van der Waals surface area contributed by atoms with E-state index in [0.29, 0.717) is 0 Å². The summed E-state index contributed by atoms with van der Waals surface area (Å²) in [5.41, 5.74) is 9.35. The van der Waals surface area contributed by atoms with Crippen LogP contribution in [0.5, 0.6) is 0 Å². The van der Waals surface area contributed by atoms with Crippen molar-refractivity contribution >= 4 is 5.69 Å². The quantitative estimate of drug-likeness (QED) is 0.740. The second-order valence-corrected chi connectivity index (χ2v) is 4.09. The fraction of sp³-hybridized carbons (Fsp3) is 0.500. The Hall–Kier alpha value is -1.02. The summed E-state index contributed by atoms with van der Waals surface area (Å²) in [6.45, 7) is 3.28. The van der Waals surface area contributed by atoms with Crippen molar-refractivity contribution in [3.05, 3.63) is 29.3 Å². The van der Waals surface area contributed by atoms with Gasteiger partial charge in [-0.25, -0.2) is 0 Å². The zero-order chi connectivity index (χ0) is 10.6. The largest absolute Gasteiger partial charge is 0.399 e. The zero-order valence-corrected chi connectivity index (χ0v) is 9.38. The molecule has 0 aliphatic carbocycles. The second-order valence-electron chi connectivity index (χ2n) is 4.09. The fourth-order valence-electron chi connectivity index (χ4n) is 1.55. The average molecular weight is 192 g/mol. The van der Waals surface area contributed by atoms with Gasteiger partial charge in [-0.15, -0.1) is 0 Å². The summed E-state index contributed by atoms with van der Waals surface area (Å²) in [6.07, 6.45) is 2.31. The lowest BCUT2D eigenvalue weighted by Gasteiger charge is -2.10. The summed E-state index contributed by atoms with van der Waals surface area (Å²) < 4.78 is 0. The SMILES string of the molecule is Cc1ccc(N)cc1CCCN(C)C. The van der Waals surface area contributed by atoms with Crippen LogP contribution in [0, 0.1) is 6.92 Å². The first-order valence-electron chi connectivity index (χ1n) is 5.09. The molecule has 2 N–H and O–H groups in total. The van der Waals surface area contributed by atoms with Crippen molar-refractivity contribution in [1.82, 2.24) is 4.90 Å². The predicted molar refractivity (Wildman–Crippen MR) is 62.5 cm³/mol. The Kier molecular flexibility index (Phi) is 3.96. The van der Waals surface area contributed by atoms with E-state index < -0.39 is 0 Å². The highest BCUT2D eigenvalue weighted by molar-refractivity contribution is 5.44. The van der Waals surface area contributed by atoms with E-state index in [0.717, 1.165) is 18.7 Å². The van der Waals surface area contributed by atoms with Crippen LogP contribution in [0.25, 0.3) is 0 Å². The summed E-state index contributed by atoms with van der Waals surface area (Å²) in [5, 5.41) is 0. The van der Waals surface area contributed by atoms with E-state index in [4.69, 9.17) is 5.73 Å². The first-order chi connectivity index (χ1) is 6.59. The van der Waals surface area contributed by atoms with Crippen molar-refractivity contribution in [2.75, 3.05) is 26.4 Å². The maximum atomic E-state index is 5.75. The molecule has 0 radical (unpaired) electrons. The van der Waals surface area contributed by atoms with Crippen LogP contribution in [0.15, 0.2) is 18.2 Å². The van der Waals surface area contributed by atoms with Gasteiger partial charge in [0.15, 0.2) is 0 Å². The van der Waals surface area contributed by atoms with Gasteiger partial charge in [0.2, 0.25) is 0 Å². The Morgan fingerprint density at radius 1 is 1.29 bits per heavy atom. The number of hydrogen-bond donors (Lipinski definition) is 1. The molecule has 0 spiro atoms. The van der Waals surface area contributed by atoms with Crippen molar-refractivity contribution in [3.63, 3.8) is 0 Å². The highest BCUT2D eigenvalue weighted by Gasteiger charge is 1.99. The molecule has 0 bridgehead atoms. The summed E-state index contributed by atoms with van der Waals surface area (Å²) in [6, 6.07) is 6.15. The maximum absolute atomic E-state index is 5.75. The van der Waals surface area contributed by atoms with Gasteiger partial charge in [0.05, 0.1) is 0 Å². The van der Waals surface area contributed by atoms with Gasteiger partial charge in [0.25, 0.3) is 0 Å². The molecule has 0 heterocycles. The molecule has 0 aliphatic heterocycles. The minimum Gasteiger partial charge on any atom is -0.399 e. The van der Waals surface area contributed by atoms with Gasteiger partial charge in [-0.2, -0.15) is 0 Å². The lowest BCUT2D eigenvalue weighted by atomic mass is 10.0. The minimum absolute atomic E-state index is 0.871. The Morgan fingerprint density at radius 3 is 2.64 bits per heavy atom. The van der Waals surface area contributed by atoms with E-state index >= 15 is 0 Å². The standard InChI is InChI=1S/C12H20N2/c1-10-6-7-12(13)9-11(10)5-4-8-14(2)3/h6-7,9H,4-5,8,13H2,1-3H3. The molecule has 0 saturated heterocycles. The van der Waals surface area contributed by atoms with Crippen LogP contribution < -0.4 is 5.73 Å². The van der Waals surface area contributed by atoms with Gasteiger partial charge in [0, 0.05) is 5.69 Å². The molecule has 0 atom stereocenters. The summed E-state index contributed by atoms with van der Waals surface area (Å²) in [5.74, 6) is 0. The smallest absolute Gasteiger partial charge is 0.0316 e. The van der Waals surface area contributed by atoms with Crippen LogP contribution in [0.3, 0.4) is 0 Å². The summed E-state index contributed by atoms with van der Waals surface area (Å²) in [4.78, 5) is 2.21. The van der Waals surface area contributed by atoms with Gasteiger partial charge < -0.3 is 10.6 Å². The van der Waals surface area contributed by atoms with Crippen LogP contribution in [-0.2, 0) is 6.42 Å². The number of hydrogen-bond acceptors (Lipinski definition) is 2. The zero-order valence-electron chi connectivity index (χ0n) is 9.38. The van der Waals surface area contributed by atoms with Gasteiger partial charge in [-0.1, -0.05) is 6.07 Å². The Bertz CT molecular complexity index is 292. The van der Waals surface area contributed by atoms with Gasteiger partial charge in [0.1, 0.15) is 0 Å².